The van der Waals surface area contributed by atoms with Gasteiger partial charge in [-0.15, -0.1) is 0 Å². The van der Waals surface area contributed by atoms with Gasteiger partial charge in [0.15, 0.2) is 0 Å². The highest BCUT2D eigenvalue weighted by Gasteiger charge is 2.18. The molecule has 92 valence electrons. The minimum Gasteiger partial charge on any atom is -0.379 e. The molecule has 1 aromatic carbocycles. The monoisotopic (exact) mass is 236 g/mol. The number of benzene rings is 1. The van der Waals surface area contributed by atoms with Crippen molar-refractivity contribution in [1.29, 1.82) is 0 Å². The molecule has 1 unspecified atom stereocenters. The summed E-state index contributed by atoms with van der Waals surface area (Å²) < 4.78 is 5.31. The Morgan fingerprint density at radius 2 is 1.88 bits per heavy atom. The van der Waals surface area contributed by atoms with E-state index in [0.29, 0.717) is 0 Å². The van der Waals surface area contributed by atoms with Gasteiger partial charge in [0.1, 0.15) is 0 Å². The van der Waals surface area contributed by atoms with Crippen molar-refractivity contribution in [3.63, 3.8) is 0 Å². The van der Waals surface area contributed by atoms with Crippen molar-refractivity contribution in [2.45, 2.75) is 13.0 Å². The molecule has 17 heavy (non-hydrogen) atoms. The van der Waals surface area contributed by atoms with Crippen LogP contribution in [-0.4, -0.2) is 36.1 Å². The Hall–Kier alpha value is -1.46. The van der Waals surface area contributed by atoms with Crippen molar-refractivity contribution in [2.75, 3.05) is 26.3 Å². The van der Waals surface area contributed by atoms with Crippen LogP contribution in [0.2, 0.25) is 0 Å². The summed E-state index contributed by atoms with van der Waals surface area (Å²) in [6, 6.07) is 7.06. The largest absolute Gasteiger partial charge is 0.379 e. The molecule has 0 N–H and O–H groups in total. The maximum atomic E-state index is 10.6. The van der Waals surface area contributed by atoms with Crippen LogP contribution in [-0.2, 0) is 4.74 Å². The number of nitro benzene ring substituents is 1. The second-order valence-corrected chi connectivity index (χ2v) is 4.17. The van der Waals surface area contributed by atoms with Gasteiger partial charge in [0, 0.05) is 31.3 Å². The third kappa shape index (κ3) is 2.81. The van der Waals surface area contributed by atoms with E-state index < -0.39 is 0 Å². The van der Waals surface area contributed by atoms with Crippen molar-refractivity contribution in [3.05, 3.63) is 39.9 Å². The zero-order valence-electron chi connectivity index (χ0n) is 9.83. The van der Waals surface area contributed by atoms with Crippen LogP contribution < -0.4 is 0 Å². The molecule has 0 aliphatic carbocycles. The Labute approximate surface area is 100 Å². The van der Waals surface area contributed by atoms with Gasteiger partial charge in [0.2, 0.25) is 0 Å². The van der Waals surface area contributed by atoms with Gasteiger partial charge in [-0.05, 0) is 12.5 Å². The highest BCUT2D eigenvalue weighted by Crippen LogP contribution is 2.23. The molecular formula is C12H16N2O3. The van der Waals surface area contributed by atoms with E-state index in [1.807, 2.05) is 12.1 Å². The number of hydrogen-bond acceptors (Lipinski definition) is 4. The summed E-state index contributed by atoms with van der Waals surface area (Å²) >= 11 is 0. The Morgan fingerprint density at radius 3 is 2.41 bits per heavy atom. The topological polar surface area (TPSA) is 55.6 Å². The Kier molecular flexibility index (Phi) is 3.71. The van der Waals surface area contributed by atoms with Crippen molar-refractivity contribution in [2.24, 2.45) is 0 Å². The number of rotatable bonds is 3. The molecule has 1 atom stereocenters. The van der Waals surface area contributed by atoms with Crippen molar-refractivity contribution in [3.8, 4) is 0 Å². The van der Waals surface area contributed by atoms with Crippen LogP contribution in [0, 0.1) is 10.1 Å². The SMILES string of the molecule is CC(c1ccc([N+](=O)[O-])cc1)N1CCOCC1. The molecule has 1 heterocycles. The molecule has 5 heteroatoms. The lowest BCUT2D eigenvalue weighted by Crippen LogP contribution is -2.37. The van der Waals surface area contributed by atoms with Gasteiger partial charge in [-0.1, -0.05) is 12.1 Å². The summed E-state index contributed by atoms with van der Waals surface area (Å²) in [7, 11) is 0. The second kappa shape index (κ2) is 5.25. The zero-order chi connectivity index (χ0) is 12.3. The molecule has 1 fully saturated rings. The molecular weight excluding hydrogens is 220 g/mol. The number of nitrogens with zero attached hydrogens (tertiary/aromatic N) is 2. The highest BCUT2D eigenvalue weighted by molar-refractivity contribution is 5.34. The summed E-state index contributed by atoms with van der Waals surface area (Å²) in [5.41, 5.74) is 1.25. The third-order valence-corrected chi connectivity index (χ3v) is 3.18. The number of nitro groups is 1. The summed E-state index contributed by atoms with van der Waals surface area (Å²) in [6.45, 7) is 5.47. The third-order valence-electron chi connectivity index (χ3n) is 3.18. The first-order valence-corrected chi connectivity index (χ1v) is 5.74. The van der Waals surface area contributed by atoms with Crippen LogP contribution in [0.5, 0.6) is 0 Å². The summed E-state index contributed by atoms with van der Waals surface area (Å²) in [5, 5.41) is 10.6. The lowest BCUT2D eigenvalue weighted by molar-refractivity contribution is -0.384. The molecule has 0 aromatic heterocycles. The Balaban J connectivity index is 2.07. The summed E-state index contributed by atoms with van der Waals surface area (Å²) in [4.78, 5) is 12.5. The van der Waals surface area contributed by atoms with Crippen LogP contribution in [0.1, 0.15) is 18.5 Å². The average Bonchev–Trinajstić information content (AvgIpc) is 2.39. The molecule has 5 nitrogen and oxygen atoms in total. The van der Waals surface area contributed by atoms with Gasteiger partial charge in [0.25, 0.3) is 5.69 Å². The van der Waals surface area contributed by atoms with E-state index in [-0.39, 0.29) is 16.7 Å². The van der Waals surface area contributed by atoms with Crippen molar-refractivity contribution < 1.29 is 9.66 Å². The molecule has 1 aliphatic rings. The zero-order valence-corrected chi connectivity index (χ0v) is 9.83. The van der Waals surface area contributed by atoms with Gasteiger partial charge in [-0.3, -0.25) is 15.0 Å². The molecule has 0 saturated carbocycles. The fourth-order valence-corrected chi connectivity index (χ4v) is 2.05. The fourth-order valence-electron chi connectivity index (χ4n) is 2.05. The normalized spacial score (nSPS) is 18.9. The van der Waals surface area contributed by atoms with E-state index >= 15 is 0 Å². The van der Waals surface area contributed by atoms with Crippen LogP contribution in [0.3, 0.4) is 0 Å². The number of morpholine rings is 1. The smallest absolute Gasteiger partial charge is 0.269 e. The quantitative estimate of drug-likeness (QED) is 0.595. The highest BCUT2D eigenvalue weighted by atomic mass is 16.6. The van der Waals surface area contributed by atoms with E-state index in [1.54, 1.807) is 12.1 Å². The van der Waals surface area contributed by atoms with Crippen LogP contribution in [0.25, 0.3) is 0 Å². The van der Waals surface area contributed by atoms with Gasteiger partial charge >= 0.3 is 0 Å². The van der Waals surface area contributed by atoms with E-state index in [1.165, 1.54) is 0 Å². The summed E-state index contributed by atoms with van der Waals surface area (Å²) in [6.07, 6.45) is 0. The predicted molar refractivity (Wildman–Crippen MR) is 63.9 cm³/mol. The minimum absolute atomic E-state index is 0.142. The molecule has 1 aromatic rings. The molecule has 0 radical (unpaired) electrons. The van der Waals surface area contributed by atoms with Gasteiger partial charge in [0.05, 0.1) is 18.1 Å². The van der Waals surface area contributed by atoms with Crippen LogP contribution in [0.15, 0.2) is 24.3 Å². The van der Waals surface area contributed by atoms with Gasteiger partial charge in [-0.25, -0.2) is 0 Å². The number of non-ortho nitro benzene ring substituents is 1. The molecule has 1 saturated heterocycles. The van der Waals surface area contributed by atoms with E-state index in [2.05, 4.69) is 11.8 Å². The maximum Gasteiger partial charge on any atom is 0.269 e. The van der Waals surface area contributed by atoms with Crippen molar-refractivity contribution >= 4 is 5.69 Å². The van der Waals surface area contributed by atoms with Crippen LogP contribution >= 0.6 is 0 Å². The maximum absolute atomic E-state index is 10.6. The Bertz CT molecular complexity index is 385. The second-order valence-electron chi connectivity index (χ2n) is 4.17. The van der Waals surface area contributed by atoms with Gasteiger partial charge in [-0.2, -0.15) is 0 Å². The molecule has 2 rings (SSSR count). The minimum atomic E-state index is -0.372. The predicted octanol–water partition coefficient (Wildman–Crippen LogP) is 1.99. The average molecular weight is 236 g/mol. The first-order chi connectivity index (χ1) is 8.18. The lowest BCUT2D eigenvalue weighted by atomic mass is 10.1. The first-order valence-electron chi connectivity index (χ1n) is 5.74. The van der Waals surface area contributed by atoms with E-state index in [0.717, 1.165) is 31.9 Å². The molecule has 0 bridgehead atoms. The number of hydrogen-bond donors (Lipinski definition) is 0. The first kappa shape index (κ1) is 12.0. The molecule has 0 spiro atoms. The standard InChI is InChI=1S/C12H16N2O3/c1-10(13-6-8-17-9-7-13)11-2-4-12(5-3-11)14(15)16/h2-5,10H,6-9H2,1H3. The Morgan fingerprint density at radius 1 is 1.29 bits per heavy atom. The summed E-state index contributed by atoms with van der Waals surface area (Å²) in [5.74, 6) is 0. The van der Waals surface area contributed by atoms with Crippen molar-refractivity contribution in [1.82, 2.24) is 4.90 Å². The van der Waals surface area contributed by atoms with E-state index in [4.69, 9.17) is 4.74 Å². The molecule has 1 aliphatic heterocycles. The van der Waals surface area contributed by atoms with Crippen LogP contribution in [0.4, 0.5) is 5.69 Å². The van der Waals surface area contributed by atoms with Gasteiger partial charge < -0.3 is 4.74 Å². The molecule has 0 amide bonds. The lowest BCUT2D eigenvalue weighted by Gasteiger charge is -2.32. The van der Waals surface area contributed by atoms with E-state index in [9.17, 15) is 10.1 Å². The number of ether oxygens (including phenoxy) is 1. The fraction of sp³-hybridized carbons (Fsp3) is 0.500.